The van der Waals surface area contributed by atoms with Gasteiger partial charge in [0.15, 0.2) is 6.29 Å². The first-order valence-electron chi connectivity index (χ1n) is 6.86. The van der Waals surface area contributed by atoms with Crippen LogP contribution in [-0.4, -0.2) is 25.2 Å². The average Bonchev–Trinajstić information content (AvgIpc) is 2.87. The van der Waals surface area contributed by atoms with E-state index in [1.807, 2.05) is 18.2 Å². The number of hydrogen-bond acceptors (Lipinski definition) is 4. The first-order chi connectivity index (χ1) is 9.31. The molecule has 1 aromatic rings. The van der Waals surface area contributed by atoms with Crippen LogP contribution in [0.4, 0.5) is 0 Å². The average molecular weight is 258 g/mol. The molecule has 3 unspecified atom stereocenters. The summed E-state index contributed by atoms with van der Waals surface area (Å²) in [5, 5.41) is 6.76. The quantitative estimate of drug-likeness (QED) is 0.630. The number of nitrogens with one attached hydrogen (secondary N) is 2. The van der Waals surface area contributed by atoms with Gasteiger partial charge in [-0.3, -0.25) is 14.9 Å². The molecule has 1 saturated heterocycles. The highest BCUT2D eigenvalue weighted by Crippen LogP contribution is 2.39. The minimum Gasteiger partial charge on any atom is -0.316 e. The Morgan fingerprint density at radius 2 is 2.05 bits per heavy atom. The van der Waals surface area contributed by atoms with Crippen molar-refractivity contribution in [2.75, 3.05) is 13.1 Å². The fourth-order valence-corrected chi connectivity index (χ4v) is 3.27. The Labute approximate surface area is 112 Å². The summed E-state index contributed by atoms with van der Waals surface area (Å²) in [6, 6.07) is 7.66. The molecule has 3 rings (SSSR count). The van der Waals surface area contributed by atoms with Crippen LogP contribution >= 0.6 is 0 Å². The molecule has 2 aliphatic heterocycles. The Morgan fingerprint density at radius 3 is 2.74 bits per heavy atom. The molecule has 4 nitrogen and oxygen atoms in total. The van der Waals surface area contributed by atoms with E-state index in [1.54, 1.807) is 0 Å². The van der Waals surface area contributed by atoms with Crippen molar-refractivity contribution in [3.63, 3.8) is 0 Å². The SMILES string of the molecule is O=CC(=O)C1NC(C2CCCNC2)c2ccccc21. The molecule has 19 heavy (non-hydrogen) atoms. The second-order valence-electron chi connectivity index (χ2n) is 5.33. The normalized spacial score (nSPS) is 29.8. The number of rotatable bonds is 3. The Balaban J connectivity index is 1.91. The highest BCUT2D eigenvalue weighted by atomic mass is 16.2. The van der Waals surface area contributed by atoms with Crippen LogP contribution in [-0.2, 0) is 9.59 Å². The summed E-state index contributed by atoms with van der Waals surface area (Å²) in [5.74, 6) is 0.109. The summed E-state index contributed by atoms with van der Waals surface area (Å²) < 4.78 is 0. The third-order valence-electron chi connectivity index (χ3n) is 4.20. The number of aldehydes is 1. The first kappa shape index (κ1) is 12.5. The summed E-state index contributed by atoms with van der Waals surface area (Å²) in [5.41, 5.74) is 2.14. The topological polar surface area (TPSA) is 58.2 Å². The number of hydrogen-bond donors (Lipinski definition) is 2. The fraction of sp³-hybridized carbons (Fsp3) is 0.467. The Bertz CT molecular complexity index is 495. The highest BCUT2D eigenvalue weighted by Gasteiger charge is 2.38. The van der Waals surface area contributed by atoms with Crippen LogP contribution in [0.5, 0.6) is 0 Å². The van der Waals surface area contributed by atoms with E-state index in [9.17, 15) is 9.59 Å². The van der Waals surface area contributed by atoms with Crippen LogP contribution in [0.15, 0.2) is 24.3 Å². The van der Waals surface area contributed by atoms with Crippen molar-refractivity contribution < 1.29 is 9.59 Å². The fourth-order valence-electron chi connectivity index (χ4n) is 3.27. The van der Waals surface area contributed by atoms with Gasteiger partial charge in [-0.1, -0.05) is 24.3 Å². The van der Waals surface area contributed by atoms with Gasteiger partial charge in [-0.25, -0.2) is 0 Å². The second-order valence-corrected chi connectivity index (χ2v) is 5.33. The monoisotopic (exact) mass is 258 g/mol. The Kier molecular flexibility index (Phi) is 3.44. The molecule has 0 aromatic heterocycles. The van der Waals surface area contributed by atoms with E-state index in [0.29, 0.717) is 12.2 Å². The van der Waals surface area contributed by atoms with Crippen molar-refractivity contribution >= 4 is 12.1 Å². The van der Waals surface area contributed by atoms with Gasteiger partial charge in [-0.15, -0.1) is 0 Å². The van der Waals surface area contributed by atoms with E-state index in [-0.39, 0.29) is 11.8 Å². The second kappa shape index (κ2) is 5.23. The van der Waals surface area contributed by atoms with Gasteiger partial charge in [0.1, 0.15) is 6.04 Å². The van der Waals surface area contributed by atoms with Crippen molar-refractivity contribution in [1.29, 1.82) is 0 Å². The third-order valence-corrected chi connectivity index (χ3v) is 4.20. The third kappa shape index (κ3) is 2.22. The molecule has 0 radical (unpaired) electrons. The van der Waals surface area contributed by atoms with Crippen molar-refractivity contribution in [3.8, 4) is 0 Å². The highest BCUT2D eigenvalue weighted by molar-refractivity contribution is 6.27. The Morgan fingerprint density at radius 1 is 1.26 bits per heavy atom. The first-order valence-corrected chi connectivity index (χ1v) is 6.86. The molecule has 2 heterocycles. The summed E-state index contributed by atoms with van der Waals surface area (Å²) in [6.07, 6.45) is 2.74. The number of carbonyl (C=O) groups is 2. The minimum absolute atomic E-state index is 0.179. The number of piperidine rings is 1. The molecule has 1 fully saturated rings. The van der Waals surface area contributed by atoms with Gasteiger partial charge in [0, 0.05) is 6.04 Å². The van der Waals surface area contributed by atoms with Gasteiger partial charge in [-0.2, -0.15) is 0 Å². The predicted octanol–water partition coefficient (Wildman–Crippen LogP) is 1.14. The van der Waals surface area contributed by atoms with E-state index in [0.717, 1.165) is 31.5 Å². The summed E-state index contributed by atoms with van der Waals surface area (Å²) in [4.78, 5) is 22.5. The number of ketones is 1. The molecule has 100 valence electrons. The number of fused-ring (bicyclic) bond motifs is 1. The van der Waals surface area contributed by atoms with Crippen LogP contribution < -0.4 is 10.6 Å². The molecular formula is C15H18N2O2. The number of carbonyl (C=O) groups excluding carboxylic acids is 2. The van der Waals surface area contributed by atoms with Crippen LogP contribution in [0, 0.1) is 5.92 Å². The van der Waals surface area contributed by atoms with Crippen molar-refractivity contribution in [2.45, 2.75) is 24.9 Å². The van der Waals surface area contributed by atoms with Gasteiger partial charge in [0.25, 0.3) is 0 Å². The molecule has 1 aromatic carbocycles. The van der Waals surface area contributed by atoms with Gasteiger partial charge in [0.05, 0.1) is 0 Å². The van der Waals surface area contributed by atoms with Crippen molar-refractivity contribution in [1.82, 2.24) is 10.6 Å². The molecular weight excluding hydrogens is 240 g/mol. The molecule has 0 bridgehead atoms. The maximum Gasteiger partial charge on any atom is 0.216 e. The standard InChI is InChI=1S/C15H18N2O2/c18-9-13(19)15-12-6-2-1-5-11(12)14(17-15)10-4-3-7-16-8-10/h1-2,5-6,9-10,14-17H,3-4,7-8H2. The lowest BCUT2D eigenvalue weighted by Crippen LogP contribution is -2.38. The van der Waals surface area contributed by atoms with Gasteiger partial charge >= 0.3 is 0 Å². The summed E-state index contributed by atoms with van der Waals surface area (Å²) in [7, 11) is 0. The molecule has 2 aliphatic rings. The lowest BCUT2D eigenvalue weighted by atomic mass is 9.87. The lowest BCUT2D eigenvalue weighted by molar-refractivity contribution is -0.131. The molecule has 0 saturated carbocycles. The van der Waals surface area contributed by atoms with Crippen molar-refractivity contribution in [3.05, 3.63) is 35.4 Å². The number of benzene rings is 1. The van der Waals surface area contributed by atoms with E-state index >= 15 is 0 Å². The largest absolute Gasteiger partial charge is 0.316 e. The predicted molar refractivity (Wildman–Crippen MR) is 71.7 cm³/mol. The zero-order chi connectivity index (χ0) is 13.2. The maximum atomic E-state index is 11.8. The van der Waals surface area contributed by atoms with E-state index in [2.05, 4.69) is 16.7 Å². The lowest BCUT2D eigenvalue weighted by Gasteiger charge is -2.29. The van der Waals surface area contributed by atoms with Crippen LogP contribution in [0.2, 0.25) is 0 Å². The van der Waals surface area contributed by atoms with Crippen LogP contribution in [0.25, 0.3) is 0 Å². The van der Waals surface area contributed by atoms with E-state index in [4.69, 9.17) is 0 Å². The van der Waals surface area contributed by atoms with Gasteiger partial charge < -0.3 is 5.32 Å². The van der Waals surface area contributed by atoms with Gasteiger partial charge in [-0.05, 0) is 43.0 Å². The zero-order valence-corrected chi connectivity index (χ0v) is 10.8. The molecule has 0 spiro atoms. The molecule has 2 N–H and O–H groups in total. The zero-order valence-electron chi connectivity index (χ0n) is 10.8. The maximum absolute atomic E-state index is 11.8. The van der Waals surface area contributed by atoms with Crippen LogP contribution in [0.1, 0.15) is 36.1 Å². The molecule has 0 amide bonds. The number of Topliss-reactive ketones (excluding diaryl/α,β-unsaturated/α-hetero) is 1. The smallest absolute Gasteiger partial charge is 0.216 e. The van der Waals surface area contributed by atoms with Gasteiger partial charge in [0.2, 0.25) is 5.78 Å². The molecule has 3 atom stereocenters. The van der Waals surface area contributed by atoms with Crippen LogP contribution in [0.3, 0.4) is 0 Å². The molecule has 0 aliphatic carbocycles. The molecule has 4 heteroatoms. The van der Waals surface area contributed by atoms with E-state index in [1.165, 1.54) is 5.56 Å². The summed E-state index contributed by atoms with van der Waals surface area (Å²) in [6.45, 7) is 2.04. The van der Waals surface area contributed by atoms with E-state index < -0.39 is 6.04 Å². The van der Waals surface area contributed by atoms with Crippen molar-refractivity contribution in [2.24, 2.45) is 5.92 Å². The summed E-state index contributed by atoms with van der Waals surface area (Å²) >= 11 is 0. The minimum atomic E-state index is -0.458. The Hall–Kier alpha value is -1.52.